The number of fused-ring (bicyclic) bond motifs is 2. The van der Waals surface area contributed by atoms with Crippen molar-refractivity contribution in [2.75, 3.05) is 88.8 Å². The quantitative estimate of drug-likeness (QED) is 0.0996. The van der Waals surface area contributed by atoms with Crippen molar-refractivity contribution in [3.8, 4) is 11.5 Å². The molecular weight excluding hydrogens is 901 g/mol. The molecule has 0 N–H and O–H groups in total. The summed E-state index contributed by atoms with van der Waals surface area (Å²) in [6, 6.07) is 29.0. The van der Waals surface area contributed by atoms with Crippen LogP contribution in [0.1, 0.15) is 25.0 Å². The number of ether oxygens (including phenoxy) is 6. The molecule has 2 unspecified atom stereocenters. The van der Waals surface area contributed by atoms with Gasteiger partial charge in [0.25, 0.3) is 11.1 Å². The second kappa shape index (κ2) is 26.0. The minimum absolute atomic E-state index is 0. The van der Waals surface area contributed by atoms with Gasteiger partial charge >= 0.3 is 23.1 Å². The fourth-order valence-corrected chi connectivity index (χ4v) is 7.93. The zero-order valence-corrected chi connectivity index (χ0v) is 40.4. The Morgan fingerprint density at radius 2 is 0.942 bits per heavy atom. The molecule has 2 aromatic heterocycles. The zero-order chi connectivity index (χ0) is 47.8. The van der Waals surface area contributed by atoms with Crippen molar-refractivity contribution in [2.45, 2.75) is 52.0 Å². The first kappa shape index (κ1) is 52.3. The van der Waals surface area contributed by atoms with Crippen molar-refractivity contribution >= 4 is 68.7 Å². The second-order valence-corrected chi connectivity index (χ2v) is 15.9. The Balaban J connectivity index is 0.000000224. The third-order valence-electron chi connectivity index (χ3n) is 11.4. The predicted octanol–water partition coefficient (Wildman–Crippen LogP) is 1.64. The molecule has 4 heterocycles. The van der Waals surface area contributed by atoms with Gasteiger partial charge in [-0.05, 0) is 73.5 Å². The van der Waals surface area contributed by atoms with Crippen LogP contribution in [0.5, 0.6) is 11.5 Å². The Hall–Kier alpha value is -6.09. The van der Waals surface area contributed by atoms with Crippen LogP contribution in [0.2, 0.25) is 0 Å². The van der Waals surface area contributed by atoms with Crippen molar-refractivity contribution in [3.05, 3.63) is 129 Å². The van der Waals surface area contributed by atoms with E-state index in [1.54, 1.807) is 83.6 Å². The van der Waals surface area contributed by atoms with Gasteiger partial charge in [-0.25, -0.2) is 9.97 Å². The Morgan fingerprint density at radius 3 is 1.29 bits per heavy atom. The maximum atomic E-state index is 13.2. The molecule has 2 saturated heterocycles. The smallest absolute Gasteiger partial charge is 0.547 e. The van der Waals surface area contributed by atoms with Crippen LogP contribution in [0, 0.1) is 0 Å². The first-order valence-corrected chi connectivity index (χ1v) is 22.9. The average molecular weight is 957 g/mol. The molecule has 0 radical (unpaired) electrons. The summed E-state index contributed by atoms with van der Waals surface area (Å²) in [6.45, 7) is 10.3. The second-order valence-electron chi connectivity index (χ2n) is 15.9. The van der Waals surface area contributed by atoms with Crippen molar-refractivity contribution in [1.82, 2.24) is 19.1 Å². The molecule has 69 heavy (non-hydrogen) atoms. The summed E-state index contributed by atoms with van der Waals surface area (Å²) >= 11 is 0. The third-order valence-corrected chi connectivity index (χ3v) is 11.4. The summed E-state index contributed by atoms with van der Waals surface area (Å²) in [4.78, 5) is 62.5. The molecule has 2 aliphatic rings. The normalized spacial score (nSPS) is 14.6. The maximum absolute atomic E-state index is 13.2. The molecule has 0 bridgehead atoms. The van der Waals surface area contributed by atoms with E-state index >= 15 is 0 Å². The molecular formula is C50H56MgN6O12. The van der Waals surface area contributed by atoms with Crippen LogP contribution in [-0.2, 0) is 54.5 Å². The molecule has 2 fully saturated rings. The van der Waals surface area contributed by atoms with E-state index in [4.69, 9.17) is 38.4 Å². The molecule has 0 amide bonds. The number of para-hydroxylation sites is 2. The van der Waals surface area contributed by atoms with Gasteiger partial charge in [-0.3, -0.25) is 18.7 Å². The fourth-order valence-electron chi connectivity index (χ4n) is 7.93. The number of aromatic nitrogens is 4. The number of nitrogens with zero attached hydrogens (tertiary/aromatic N) is 6. The Bertz CT molecular complexity index is 2540. The zero-order valence-electron chi connectivity index (χ0n) is 39.0. The van der Waals surface area contributed by atoms with E-state index in [0.717, 1.165) is 11.1 Å². The summed E-state index contributed by atoms with van der Waals surface area (Å²) in [5.74, 6) is 0.0329. The summed E-state index contributed by atoms with van der Waals surface area (Å²) in [7, 11) is 0. The number of rotatable bonds is 20. The predicted molar refractivity (Wildman–Crippen MR) is 256 cm³/mol. The van der Waals surface area contributed by atoms with Gasteiger partial charge in [0.15, 0.2) is 0 Å². The van der Waals surface area contributed by atoms with Crippen LogP contribution in [-0.4, -0.2) is 145 Å². The van der Waals surface area contributed by atoms with Gasteiger partial charge in [-0.15, -0.1) is 0 Å². The topological polar surface area (TPSA) is 212 Å². The Morgan fingerprint density at radius 1 is 0.580 bits per heavy atom. The van der Waals surface area contributed by atoms with Crippen molar-refractivity contribution in [1.29, 1.82) is 0 Å². The number of hydrogen-bond donors (Lipinski definition) is 0. The molecule has 360 valence electrons. The molecule has 2 aliphatic heterocycles. The van der Waals surface area contributed by atoms with Crippen LogP contribution in [0.15, 0.2) is 107 Å². The number of hydrogen-bond acceptors (Lipinski definition) is 16. The number of carboxylic acid groups (broad SMARTS) is 2. The number of carbonyl (C=O) groups is 2. The summed E-state index contributed by atoms with van der Waals surface area (Å²) in [5.41, 5.74) is 2.75. The molecule has 18 nitrogen and oxygen atoms in total. The first-order valence-electron chi connectivity index (χ1n) is 22.9. The fraction of sp³-hybridized carbons (Fsp3) is 0.400. The van der Waals surface area contributed by atoms with E-state index in [-0.39, 0.29) is 60.2 Å². The van der Waals surface area contributed by atoms with Crippen molar-refractivity contribution in [3.63, 3.8) is 0 Å². The van der Waals surface area contributed by atoms with E-state index in [1.165, 1.54) is 0 Å². The summed E-state index contributed by atoms with van der Waals surface area (Å²) in [5, 5.41) is 23.5. The molecule has 4 aromatic carbocycles. The van der Waals surface area contributed by atoms with Gasteiger partial charge < -0.3 is 58.0 Å². The van der Waals surface area contributed by atoms with Crippen LogP contribution in [0.25, 0.3) is 21.8 Å². The molecule has 2 atom stereocenters. The van der Waals surface area contributed by atoms with Gasteiger partial charge in [-0.1, -0.05) is 48.5 Å². The average Bonchev–Trinajstić information content (AvgIpc) is 3.36. The van der Waals surface area contributed by atoms with E-state index in [9.17, 15) is 29.4 Å². The number of anilines is 2. The molecule has 0 saturated carbocycles. The number of morpholine rings is 2. The number of benzene rings is 4. The minimum Gasteiger partial charge on any atom is -0.547 e. The minimum atomic E-state index is -1.23. The van der Waals surface area contributed by atoms with Gasteiger partial charge in [-0.2, -0.15) is 0 Å². The Kier molecular flexibility index (Phi) is 19.7. The van der Waals surface area contributed by atoms with E-state index in [1.807, 2.05) is 36.4 Å². The van der Waals surface area contributed by atoms with Crippen molar-refractivity contribution < 1.29 is 48.2 Å². The number of aliphatic carboxylic acids is 2. The van der Waals surface area contributed by atoms with Crippen molar-refractivity contribution in [2.24, 2.45) is 0 Å². The monoisotopic (exact) mass is 956 g/mol. The Labute approximate surface area is 415 Å². The van der Waals surface area contributed by atoms with Crippen LogP contribution in [0.3, 0.4) is 0 Å². The van der Waals surface area contributed by atoms with Gasteiger partial charge in [0.1, 0.15) is 36.9 Å². The molecule has 8 rings (SSSR count). The molecule has 6 aromatic rings. The summed E-state index contributed by atoms with van der Waals surface area (Å²) < 4.78 is 36.4. The molecule has 19 heteroatoms. The summed E-state index contributed by atoms with van der Waals surface area (Å²) in [6.07, 6.45) is -1.53. The van der Waals surface area contributed by atoms with Gasteiger partial charge in [0.2, 0.25) is 11.9 Å². The largest absolute Gasteiger partial charge is 2.00 e. The van der Waals surface area contributed by atoms with Gasteiger partial charge in [0.05, 0.1) is 73.3 Å². The van der Waals surface area contributed by atoms with Crippen LogP contribution in [0.4, 0.5) is 11.9 Å². The van der Waals surface area contributed by atoms with E-state index < -0.39 is 24.1 Å². The number of carbonyl (C=O) groups excluding carboxylic acids is 2. The van der Waals surface area contributed by atoms with Crippen LogP contribution >= 0.6 is 0 Å². The number of carboxylic acids is 2. The van der Waals surface area contributed by atoms with Gasteiger partial charge in [0, 0.05) is 52.2 Å². The standard InChI is InChI=1S/2C25H29N3O6.Mg/c2*1-2-33-22(24(30)31)17-18-7-9-19(10-8-18)34-16-13-28-23(29)20-5-3-4-6-21(20)26-25(28)27-11-14-32-15-12-27;/h2*3-10,22H,2,11-17H2,1H3,(H,30,31);/q;;+2/p-2. The van der Waals surface area contributed by atoms with E-state index in [0.29, 0.717) is 124 Å². The third kappa shape index (κ3) is 14.0. The molecule has 0 spiro atoms. The molecule has 0 aliphatic carbocycles. The van der Waals surface area contributed by atoms with Crippen LogP contribution < -0.4 is 40.6 Å². The SMILES string of the molecule is CCOC(Cc1ccc(OCCn2c(N3CCOCC3)nc3ccccc3c2=O)cc1)C(=O)[O-].CCOC(Cc1ccc(OCCn2c(N3CCOCC3)nc3ccccc3c2=O)cc1)C(=O)[O-].[Mg+2]. The first-order chi connectivity index (χ1) is 33.1. The maximum Gasteiger partial charge on any atom is 2.00 e. The van der Waals surface area contributed by atoms with E-state index in [2.05, 4.69) is 9.80 Å².